The van der Waals surface area contributed by atoms with Crippen molar-refractivity contribution in [2.75, 3.05) is 0 Å². The monoisotopic (exact) mass is 321 g/mol. The molecule has 0 aliphatic carbocycles. The molecule has 0 saturated heterocycles. The van der Waals surface area contributed by atoms with Gasteiger partial charge in [-0.3, -0.25) is 9.59 Å². The largest absolute Gasteiger partial charge is 0.300 e. The van der Waals surface area contributed by atoms with Crippen molar-refractivity contribution < 1.29 is 9.59 Å². The van der Waals surface area contributed by atoms with Crippen molar-refractivity contribution in [1.29, 1.82) is 0 Å². The Labute approximate surface area is 143 Å². The first-order chi connectivity index (χ1) is 11.7. The molecule has 0 unspecified atom stereocenters. The number of hydrogen-bond donors (Lipinski definition) is 0. The van der Waals surface area contributed by atoms with E-state index in [1.54, 1.807) is 6.07 Å². The smallest absolute Gasteiger partial charge is 0.181 e. The van der Waals surface area contributed by atoms with Crippen LogP contribution in [0.15, 0.2) is 42.5 Å². The van der Waals surface area contributed by atoms with Crippen LogP contribution in [0.4, 0.5) is 0 Å². The Hall–Kier alpha value is -2.29. The van der Waals surface area contributed by atoms with E-state index in [-0.39, 0.29) is 5.78 Å². The Kier molecular flexibility index (Phi) is 5.52. The molecule has 0 atom stereocenters. The number of aryl methyl sites for hydroxylation is 3. The lowest BCUT2D eigenvalue weighted by Crippen LogP contribution is -2.06. The number of hydrogen-bond acceptors (Lipinski definition) is 3. The van der Waals surface area contributed by atoms with E-state index in [2.05, 4.69) is 29.2 Å². The van der Waals surface area contributed by atoms with E-state index >= 15 is 0 Å². The van der Waals surface area contributed by atoms with Crippen molar-refractivity contribution in [3.05, 3.63) is 65.0 Å². The third-order valence-electron chi connectivity index (χ3n) is 4.59. The van der Waals surface area contributed by atoms with Crippen LogP contribution in [0.1, 0.15) is 59.4 Å². The molecule has 124 valence electrons. The van der Waals surface area contributed by atoms with Crippen LogP contribution in [0.2, 0.25) is 0 Å². The number of nitrogens with zero attached hydrogens (tertiary/aromatic N) is 1. The summed E-state index contributed by atoms with van der Waals surface area (Å²) in [6.45, 7) is 0. The molecule has 4 bridgehead atoms. The van der Waals surface area contributed by atoms with Crippen molar-refractivity contribution in [3.8, 4) is 0 Å². The maximum atomic E-state index is 12.4. The molecule has 24 heavy (non-hydrogen) atoms. The van der Waals surface area contributed by atoms with Crippen LogP contribution in [0.3, 0.4) is 0 Å². The second-order valence-electron chi connectivity index (χ2n) is 6.50. The topological polar surface area (TPSA) is 47.0 Å². The molecule has 2 aliphatic heterocycles. The van der Waals surface area contributed by atoms with Crippen LogP contribution in [-0.2, 0) is 24.1 Å². The van der Waals surface area contributed by atoms with Gasteiger partial charge in [0, 0.05) is 25.0 Å². The fourth-order valence-corrected chi connectivity index (χ4v) is 3.07. The first-order valence-electron chi connectivity index (χ1n) is 8.79. The molecule has 3 heterocycles. The Morgan fingerprint density at radius 2 is 1.33 bits per heavy atom. The minimum Gasteiger partial charge on any atom is -0.300 e. The van der Waals surface area contributed by atoms with Crippen molar-refractivity contribution >= 4 is 11.6 Å². The van der Waals surface area contributed by atoms with E-state index in [0.717, 1.165) is 43.4 Å². The number of fused-ring (bicyclic) bond motifs is 10. The lowest BCUT2D eigenvalue weighted by atomic mass is 10.0. The Balaban J connectivity index is 1.78. The van der Waals surface area contributed by atoms with Crippen LogP contribution in [0.5, 0.6) is 0 Å². The van der Waals surface area contributed by atoms with Crippen molar-refractivity contribution in [2.24, 2.45) is 0 Å². The summed E-state index contributed by atoms with van der Waals surface area (Å²) in [7, 11) is 0. The quantitative estimate of drug-likeness (QED) is 0.733. The summed E-state index contributed by atoms with van der Waals surface area (Å²) in [5.41, 5.74) is 3.85. The molecule has 0 fully saturated rings. The zero-order valence-electron chi connectivity index (χ0n) is 14.0. The van der Waals surface area contributed by atoms with Crippen molar-refractivity contribution in [3.63, 3.8) is 0 Å². The fourth-order valence-electron chi connectivity index (χ4n) is 3.07. The summed E-state index contributed by atoms with van der Waals surface area (Å²) >= 11 is 0. The Morgan fingerprint density at radius 1 is 0.667 bits per heavy atom. The molecule has 0 spiro atoms. The maximum Gasteiger partial charge on any atom is 0.181 e. The zero-order chi connectivity index (χ0) is 16.8. The van der Waals surface area contributed by atoms with E-state index in [4.69, 9.17) is 0 Å². The second-order valence-corrected chi connectivity index (χ2v) is 6.50. The molecule has 1 aromatic heterocycles. The molecule has 2 aromatic rings. The molecule has 0 amide bonds. The van der Waals surface area contributed by atoms with Crippen LogP contribution < -0.4 is 0 Å². The van der Waals surface area contributed by atoms with E-state index in [9.17, 15) is 9.59 Å². The zero-order valence-corrected chi connectivity index (χ0v) is 14.0. The molecule has 0 saturated carbocycles. The van der Waals surface area contributed by atoms with Crippen LogP contribution in [0, 0.1) is 0 Å². The minimum absolute atomic E-state index is 0.0976. The summed E-state index contributed by atoms with van der Waals surface area (Å²) in [5.74, 6) is 0.431. The first kappa shape index (κ1) is 16.6. The summed E-state index contributed by atoms with van der Waals surface area (Å²) in [6.07, 6.45) is 5.91. The molecule has 4 rings (SSSR count). The average Bonchev–Trinajstić information content (AvgIpc) is 2.62. The van der Waals surface area contributed by atoms with Crippen LogP contribution in [-0.4, -0.2) is 16.6 Å². The van der Waals surface area contributed by atoms with E-state index in [1.807, 2.05) is 12.1 Å². The summed E-state index contributed by atoms with van der Waals surface area (Å²) in [5, 5.41) is 0. The summed E-state index contributed by atoms with van der Waals surface area (Å²) in [4.78, 5) is 28.9. The lowest BCUT2D eigenvalue weighted by molar-refractivity contribution is -0.119. The van der Waals surface area contributed by atoms with Gasteiger partial charge < -0.3 is 0 Å². The molecule has 3 nitrogen and oxygen atoms in total. The number of benzene rings is 1. The summed E-state index contributed by atoms with van der Waals surface area (Å²) < 4.78 is 0. The third-order valence-corrected chi connectivity index (χ3v) is 4.59. The molecular formula is C21H23NO2. The third kappa shape index (κ3) is 4.60. The predicted octanol–water partition coefficient (Wildman–Crippen LogP) is 4.13. The van der Waals surface area contributed by atoms with Gasteiger partial charge in [0.05, 0.1) is 0 Å². The molecule has 3 heteroatoms. The normalized spacial score (nSPS) is 16.8. The minimum atomic E-state index is 0.0976. The first-order valence-corrected chi connectivity index (χ1v) is 8.79. The van der Waals surface area contributed by atoms with E-state index < -0.39 is 0 Å². The van der Waals surface area contributed by atoms with E-state index in [1.165, 1.54) is 5.56 Å². The average molecular weight is 321 g/mol. The number of rotatable bonds is 0. The highest BCUT2D eigenvalue weighted by atomic mass is 16.1. The maximum absolute atomic E-state index is 12.4. The Bertz CT molecular complexity index is 719. The molecule has 0 radical (unpaired) electrons. The van der Waals surface area contributed by atoms with Gasteiger partial charge >= 0.3 is 0 Å². The van der Waals surface area contributed by atoms with Crippen LogP contribution in [0.25, 0.3) is 0 Å². The summed E-state index contributed by atoms with van der Waals surface area (Å²) in [6, 6.07) is 13.9. The number of aromatic nitrogens is 1. The predicted molar refractivity (Wildman–Crippen MR) is 94.2 cm³/mol. The van der Waals surface area contributed by atoms with Gasteiger partial charge in [0.15, 0.2) is 5.78 Å². The van der Waals surface area contributed by atoms with E-state index in [0.29, 0.717) is 30.7 Å². The fraction of sp³-hybridized carbons (Fsp3) is 0.381. The van der Waals surface area contributed by atoms with Gasteiger partial charge in [0.2, 0.25) is 0 Å². The number of ketones is 2. The van der Waals surface area contributed by atoms with Gasteiger partial charge in [-0.25, -0.2) is 4.98 Å². The molecule has 2 aliphatic rings. The van der Waals surface area contributed by atoms with Gasteiger partial charge in [-0.05, 0) is 55.4 Å². The number of carbonyl (C=O) groups is 2. The highest BCUT2D eigenvalue weighted by Gasteiger charge is 2.10. The van der Waals surface area contributed by atoms with Crippen molar-refractivity contribution in [2.45, 2.75) is 51.4 Å². The lowest BCUT2D eigenvalue weighted by Gasteiger charge is -2.05. The van der Waals surface area contributed by atoms with Gasteiger partial charge in [0.1, 0.15) is 11.5 Å². The Morgan fingerprint density at radius 3 is 2.08 bits per heavy atom. The number of Topliss-reactive ketones (excluding diaryl/α,β-unsaturated/α-hetero) is 2. The van der Waals surface area contributed by atoms with Crippen molar-refractivity contribution in [1.82, 2.24) is 4.98 Å². The number of carbonyl (C=O) groups excluding carboxylic acids is 2. The van der Waals surface area contributed by atoms with Gasteiger partial charge in [-0.2, -0.15) is 0 Å². The highest BCUT2D eigenvalue weighted by Crippen LogP contribution is 2.14. The molecule has 0 N–H and O–H groups in total. The van der Waals surface area contributed by atoms with Gasteiger partial charge in [-0.15, -0.1) is 0 Å². The molecule has 1 aromatic carbocycles. The van der Waals surface area contributed by atoms with Crippen LogP contribution >= 0.6 is 0 Å². The SMILES string of the molecule is O=C1CCCCc2cccc(n2)C(=O)CCc2ccc(cc2)CC1. The standard InChI is InChI=1S/C21H23NO2/c23-19-6-2-1-4-18-5-3-7-20(22-18)21(24)15-13-17-10-8-16(9-11-17)12-14-19/h3,5,7-11H,1-2,4,6,12-15H2. The number of pyridine rings is 1. The highest BCUT2D eigenvalue weighted by molar-refractivity contribution is 5.94. The second kappa shape index (κ2) is 8.00. The van der Waals surface area contributed by atoms with Gasteiger partial charge in [0.25, 0.3) is 0 Å². The molecular weight excluding hydrogens is 298 g/mol. The van der Waals surface area contributed by atoms with Gasteiger partial charge in [-0.1, -0.05) is 30.3 Å².